The van der Waals surface area contributed by atoms with Crippen LogP contribution in [0.4, 0.5) is 0 Å². The Morgan fingerprint density at radius 2 is 1.77 bits per heavy atom. The predicted molar refractivity (Wildman–Crippen MR) is 92.0 cm³/mol. The second-order valence-electron chi connectivity index (χ2n) is 5.63. The second kappa shape index (κ2) is 7.02. The molecule has 0 unspecified atom stereocenters. The zero-order valence-electron chi connectivity index (χ0n) is 13.0. The highest BCUT2D eigenvalue weighted by Gasteiger charge is 2.25. The minimum Gasteiger partial charge on any atom is -0.294 e. The lowest BCUT2D eigenvalue weighted by Crippen LogP contribution is -2.33. The van der Waals surface area contributed by atoms with Gasteiger partial charge in [0.05, 0.1) is 6.04 Å². The lowest BCUT2D eigenvalue weighted by molar-refractivity contribution is 0.167. The van der Waals surface area contributed by atoms with Crippen LogP contribution in [0.15, 0.2) is 29.4 Å². The highest BCUT2D eigenvalue weighted by atomic mass is 35.5. The van der Waals surface area contributed by atoms with E-state index in [1.54, 1.807) is 11.8 Å². The maximum absolute atomic E-state index is 6.02. The number of nitrogens with zero attached hydrogens (tertiary/aromatic N) is 4. The first kappa shape index (κ1) is 15.8. The molecule has 3 rings (SSSR count). The van der Waals surface area contributed by atoms with E-state index in [0.29, 0.717) is 0 Å². The number of thioether (sulfide) groups is 1. The normalized spacial score (nSPS) is 17.6. The van der Waals surface area contributed by atoms with Gasteiger partial charge in [-0.2, -0.15) is 0 Å². The Morgan fingerprint density at radius 3 is 2.41 bits per heavy atom. The zero-order valence-corrected chi connectivity index (χ0v) is 14.6. The van der Waals surface area contributed by atoms with Crippen LogP contribution in [0.2, 0.25) is 5.02 Å². The average Bonchev–Trinajstić information content (AvgIpc) is 2.99. The molecular formula is C16H21ClN4S. The number of likely N-dealkylation sites (tertiary alicyclic amines) is 1. The summed E-state index contributed by atoms with van der Waals surface area (Å²) in [6.45, 7) is 4.51. The monoisotopic (exact) mass is 336 g/mol. The van der Waals surface area contributed by atoms with Crippen LogP contribution in [-0.2, 0) is 0 Å². The Labute approximate surface area is 140 Å². The molecule has 0 aliphatic carbocycles. The maximum Gasteiger partial charge on any atom is 0.195 e. The Bertz CT molecular complexity index is 620. The van der Waals surface area contributed by atoms with Crippen molar-refractivity contribution < 1.29 is 0 Å². The van der Waals surface area contributed by atoms with Gasteiger partial charge < -0.3 is 0 Å². The molecule has 22 heavy (non-hydrogen) atoms. The van der Waals surface area contributed by atoms with Crippen molar-refractivity contribution in [3.8, 4) is 5.69 Å². The van der Waals surface area contributed by atoms with Crippen LogP contribution in [0.5, 0.6) is 0 Å². The summed E-state index contributed by atoms with van der Waals surface area (Å²) in [7, 11) is 0. The van der Waals surface area contributed by atoms with Crippen molar-refractivity contribution in [2.24, 2.45) is 0 Å². The largest absolute Gasteiger partial charge is 0.294 e. The van der Waals surface area contributed by atoms with Gasteiger partial charge in [0.1, 0.15) is 0 Å². The van der Waals surface area contributed by atoms with Crippen molar-refractivity contribution in [2.75, 3.05) is 19.3 Å². The van der Waals surface area contributed by atoms with Crippen molar-refractivity contribution in [1.29, 1.82) is 0 Å². The summed E-state index contributed by atoms with van der Waals surface area (Å²) in [5, 5.41) is 10.5. The summed E-state index contributed by atoms with van der Waals surface area (Å²) in [5.41, 5.74) is 1.07. The number of halogens is 1. The van der Waals surface area contributed by atoms with Gasteiger partial charge in [-0.05, 0) is 63.4 Å². The smallest absolute Gasteiger partial charge is 0.195 e. The standard InChI is InChI=1S/C16H21ClN4S/c1-12(20-10-4-3-5-11-20)15-18-19-16(22-2)21(15)14-8-6-13(17)7-9-14/h6-9,12H,3-5,10-11H2,1-2H3/t12-/m0/s1. The molecule has 0 saturated carbocycles. The van der Waals surface area contributed by atoms with Crippen LogP contribution in [0.3, 0.4) is 0 Å². The van der Waals surface area contributed by atoms with Crippen molar-refractivity contribution in [2.45, 2.75) is 37.4 Å². The van der Waals surface area contributed by atoms with E-state index in [1.165, 1.54) is 19.3 Å². The third-order valence-electron chi connectivity index (χ3n) is 4.24. The van der Waals surface area contributed by atoms with Gasteiger partial charge in [-0.3, -0.25) is 9.47 Å². The Kier molecular flexibility index (Phi) is 5.06. The Morgan fingerprint density at radius 1 is 1.09 bits per heavy atom. The molecule has 0 N–H and O–H groups in total. The molecular weight excluding hydrogens is 316 g/mol. The molecule has 1 fully saturated rings. The number of rotatable bonds is 4. The molecule has 6 heteroatoms. The molecule has 0 radical (unpaired) electrons. The van der Waals surface area contributed by atoms with Crippen LogP contribution in [-0.4, -0.2) is 39.0 Å². The van der Waals surface area contributed by atoms with E-state index in [9.17, 15) is 0 Å². The van der Waals surface area contributed by atoms with E-state index in [-0.39, 0.29) is 6.04 Å². The van der Waals surface area contributed by atoms with Crippen molar-refractivity contribution >= 4 is 23.4 Å². The molecule has 118 valence electrons. The van der Waals surface area contributed by atoms with E-state index in [0.717, 1.165) is 34.8 Å². The molecule has 0 amide bonds. The minimum absolute atomic E-state index is 0.268. The molecule has 1 saturated heterocycles. The van der Waals surface area contributed by atoms with Gasteiger partial charge >= 0.3 is 0 Å². The van der Waals surface area contributed by atoms with Gasteiger partial charge in [-0.25, -0.2) is 0 Å². The average molecular weight is 337 g/mol. The molecule has 1 atom stereocenters. The van der Waals surface area contributed by atoms with E-state index in [1.807, 2.05) is 30.5 Å². The van der Waals surface area contributed by atoms with Crippen molar-refractivity contribution in [3.05, 3.63) is 35.1 Å². The van der Waals surface area contributed by atoms with Crippen molar-refractivity contribution in [3.63, 3.8) is 0 Å². The number of hydrogen-bond acceptors (Lipinski definition) is 4. The summed E-state index contributed by atoms with van der Waals surface area (Å²) in [5.74, 6) is 1.01. The van der Waals surface area contributed by atoms with E-state index < -0.39 is 0 Å². The minimum atomic E-state index is 0.268. The van der Waals surface area contributed by atoms with Gasteiger partial charge in [-0.15, -0.1) is 10.2 Å². The predicted octanol–water partition coefficient (Wildman–Crippen LogP) is 4.19. The van der Waals surface area contributed by atoms with Crippen LogP contribution >= 0.6 is 23.4 Å². The SMILES string of the molecule is CSc1nnc([C@H](C)N2CCCCC2)n1-c1ccc(Cl)cc1. The summed E-state index contributed by atoms with van der Waals surface area (Å²) in [6, 6.07) is 8.15. The van der Waals surface area contributed by atoms with Gasteiger partial charge in [0, 0.05) is 10.7 Å². The molecule has 1 aliphatic rings. The van der Waals surface area contributed by atoms with Gasteiger partial charge in [-0.1, -0.05) is 29.8 Å². The zero-order chi connectivity index (χ0) is 15.5. The molecule has 4 nitrogen and oxygen atoms in total. The maximum atomic E-state index is 6.02. The third kappa shape index (κ3) is 3.16. The highest BCUT2D eigenvalue weighted by Crippen LogP contribution is 2.28. The van der Waals surface area contributed by atoms with E-state index >= 15 is 0 Å². The lowest BCUT2D eigenvalue weighted by Gasteiger charge is -2.31. The second-order valence-corrected chi connectivity index (χ2v) is 6.84. The summed E-state index contributed by atoms with van der Waals surface area (Å²) in [6.07, 6.45) is 5.92. The Balaban J connectivity index is 1.97. The fourth-order valence-corrected chi connectivity index (χ4v) is 3.62. The Hall–Kier alpha value is -1.04. The fraction of sp³-hybridized carbons (Fsp3) is 0.500. The first-order chi connectivity index (χ1) is 10.7. The van der Waals surface area contributed by atoms with Crippen LogP contribution < -0.4 is 0 Å². The quantitative estimate of drug-likeness (QED) is 0.784. The molecule has 2 aromatic rings. The highest BCUT2D eigenvalue weighted by molar-refractivity contribution is 7.98. The van der Waals surface area contributed by atoms with Gasteiger partial charge in [0.25, 0.3) is 0 Å². The lowest BCUT2D eigenvalue weighted by atomic mass is 10.1. The van der Waals surface area contributed by atoms with Crippen molar-refractivity contribution in [1.82, 2.24) is 19.7 Å². The third-order valence-corrected chi connectivity index (χ3v) is 5.12. The molecule has 1 aromatic heterocycles. The summed E-state index contributed by atoms with van der Waals surface area (Å²) in [4.78, 5) is 2.50. The molecule has 1 aliphatic heterocycles. The summed E-state index contributed by atoms with van der Waals surface area (Å²) >= 11 is 7.63. The fourth-order valence-electron chi connectivity index (χ4n) is 2.99. The number of benzene rings is 1. The number of hydrogen-bond donors (Lipinski definition) is 0. The van der Waals surface area contributed by atoms with Crippen LogP contribution in [0, 0.1) is 0 Å². The van der Waals surface area contributed by atoms with Gasteiger partial charge in [0.15, 0.2) is 11.0 Å². The molecule has 1 aromatic carbocycles. The number of aromatic nitrogens is 3. The molecule has 2 heterocycles. The molecule has 0 bridgehead atoms. The van der Waals surface area contributed by atoms with E-state index in [2.05, 4.69) is 26.6 Å². The number of piperidine rings is 1. The van der Waals surface area contributed by atoms with Crippen LogP contribution in [0.1, 0.15) is 38.1 Å². The first-order valence-corrected chi connectivity index (χ1v) is 9.30. The summed E-state index contributed by atoms with van der Waals surface area (Å²) < 4.78 is 2.15. The van der Waals surface area contributed by atoms with E-state index in [4.69, 9.17) is 11.6 Å². The molecule has 0 spiro atoms. The first-order valence-electron chi connectivity index (χ1n) is 7.70. The topological polar surface area (TPSA) is 34.0 Å². The van der Waals surface area contributed by atoms with Gasteiger partial charge in [0.2, 0.25) is 0 Å². The van der Waals surface area contributed by atoms with Crippen LogP contribution in [0.25, 0.3) is 5.69 Å².